The molecule has 0 aromatic carbocycles. The fourth-order valence-corrected chi connectivity index (χ4v) is 2.67. The number of ether oxygens (including phenoxy) is 1. The minimum Gasteiger partial charge on any atom is -0.381 e. The lowest BCUT2D eigenvalue weighted by molar-refractivity contribution is 0.193. The van der Waals surface area contributed by atoms with Crippen molar-refractivity contribution in [2.45, 2.75) is 31.7 Å². The Labute approximate surface area is 88.3 Å². The lowest BCUT2D eigenvalue weighted by atomic mass is 10.1. The van der Waals surface area contributed by atoms with Crippen LogP contribution in [0.4, 0.5) is 0 Å². The van der Waals surface area contributed by atoms with Crippen LogP contribution in [0.15, 0.2) is 5.38 Å². The molecule has 1 fully saturated rings. The zero-order valence-electron chi connectivity index (χ0n) is 8.40. The van der Waals surface area contributed by atoms with E-state index in [1.54, 1.807) is 11.3 Å². The lowest BCUT2D eigenvalue weighted by Crippen LogP contribution is -2.17. The summed E-state index contributed by atoms with van der Waals surface area (Å²) in [4.78, 5) is 4.59. The molecule has 0 saturated carbocycles. The first-order valence-electron chi connectivity index (χ1n) is 5.03. The highest BCUT2D eigenvalue weighted by atomic mass is 32.1. The molecule has 2 unspecified atom stereocenters. The average Bonchev–Trinajstić information content (AvgIpc) is 2.69. The largest absolute Gasteiger partial charge is 0.381 e. The monoisotopic (exact) mass is 212 g/mol. The van der Waals surface area contributed by atoms with Crippen molar-refractivity contribution in [3.05, 3.63) is 16.1 Å². The zero-order valence-corrected chi connectivity index (χ0v) is 9.22. The van der Waals surface area contributed by atoms with Gasteiger partial charge in [-0.1, -0.05) is 0 Å². The van der Waals surface area contributed by atoms with Gasteiger partial charge >= 0.3 is 0 Å². The van der Waals surface area contributed by atoms with Gasteiger partial charge in [0.2, 0.25) is 0 Å². The van der Waals surface area contributed by atoms with Crippen molar-refractivity contribution >= 4 is 11.3 Å². The van der Waals surface area contributed by atoms with Crippen LogP contribution in [-0.2, 0) is 11.2 Å². The van der Waals surface area contributed by atoms with Gasteiger partial charge in [-0.3, -0.25) is 0 Å². The van der Waals surface area contributed by atoms with Crippen LogP contribution in [0.5, 0.6) is 0 Å². The van der Waals surface area contributed by atoms with Crippen LogP contribution in [0.2, 0.25) is 0 Å². The van der Waals surface area contributed by atoms with Crippen molar-refractivity contribution in [1.82, 2.24) is 4.98 Å². The Morgan fingerprint density at radius 2 is 2.64 bits per heavy atom. The number of thiazole rings is 1. The van der Waals surface area contributed by atoms with E-state index in [9.17, 15) is 0 Å². The summed E-state index contributed by atoms with van der Waals surface area (Å²) in [6, 6.07) is 0.203. The third kappa shape index (κ3) is 2.32. The van der Waals surface area contributed by atoms with Crippen LogP contribution in [0.3, 0.4) is 0 Å². The second-order valence-electron chi connectivity index (χ2n) is 3.91. The van der Waals surface area contributed by atoms with Crippen molar-refractivity contribution in [2.24, 2.45) is 5.73 Å². The predicted octanol–water partition coefficient (Wildman–Crippen LogP) is 1.54. The molecule has 0 aliphatic carbocycles. The van der Waals surface area contributed by atoms with Crippen molar-refractivity contribution < 1.29 is 4.74 Å². The van der Waals surface area contributed by atoms with Gasteiger partial charge in [-0.25, -0.2) is 4.98 Å². The summed E-state index contributed by atoms with van der Waals surface area (Å²) in [5.41, 5.74) is 6.93. The molecule has 14 heavy (non-hydrogen) atoms. The number of aromatic nitrogens is 1. The summed E-state index contributed by atoms with van der Waals surface area (Å²) < 4.78 is 5.34. The van der Waals surface area contributed by atoms with E-state index in [0.29, 0.717) is 5.92 Å². The van der Waals surface area contributed by atoms with Crippen LogP contribution in [0, 0.1) is 0 Å². The molecule has 2 rings (SSSR count). The Kier molecular flexibility index (Phi) is 3.15. The molecule has 1 saturated heterocycles. The van der Waals surface area contributed by atoms with Gasteiger partial charge < -0.3 is 10.5 Å². The van der Waals surface area contributed by atoms with E-state index in [1.807, 2.05) is 6.92 Å². The Hall–Kier alpha value is -0.450. The van der Waals surface area contributed by atoms with Gasteiger partial charge in [0.05, 0.1) is 17.3 Å². The molecule has 2 N–H and O–H groups in total. The van der Waals surface area contributed by atoms with Gasteiger partial charge in [0.25, 0.3) is 0 Å². The van der Waals surface area contributed by atoms with E-state index >= 15 is 0 Å². The number of nitrogens with zero attached hydrogens (tertiary/aromatic N) is 1. The quantitative estimate of drug-likeness (QED) is 0.826. The third-order valence-corrected chi connectivity index (χ3v) is 3.30. The molecule has 0 bridgehead atoms. The van der Waals surface area contributed by atoms with Crippen LogP contribution >= 0.6 is 11.3 Å². The molecule has 0 radical (unpaired) electrons. The Morgan fingerprint density at radius 3 is 3.29 bits per heavy atom. The highest BCUT2D eigenvalue weighted by molar-refractivity contribution is 7.09. The van der Waals surface area contributed by atoms with E-state index in [4.69, 9.17) is 10.5 Å². The second kappa shape index (κ2) is 4.38. The Balaban J connectivity index is 2.01. The fraction of sp³-hybridized carbons (Fsp3) is 0.700. The Morgan fingerprint density at radius 1 is 1.79 bits per heavy atom. The number of hydrogen-bond acceptors (Lipinski definition) is 4. The molecule has 1 aliphatic heterocycles. The second-order valence-corrected chi connectivity index (χ2v) is 4.85. The molecular formula is C10H16N2OS. The molecular weight excluding hydrogens is 196 g/mol. The summed E-state index contributed by atoms with van der Waals surface area (Å²) in [5, 5.41) is 3.30. The minimum absolute atomic E-state index is 0.203. The maximum absolute atomic E-state index is 5.73. The molecule has 2 atom stereocenters. The van der Waals surface area contributed by atoms with Crippen LogP contribution in [0.1, 0.15) is 30.0 Å². The Bertz CT molecular complexity index is 292. The maximum atomic E-state index is 5.73. The van der Waals surface area contributed by atoms with Gasteiger partial charge in [-0.2, -0.15) is 0 Å². The van der Waals surface area contributed by atoms with E-state index in [2.05, 4.69) is 10.4 Å². The summed E-state index contributed by atoms with van der Waals surface area (Å²) in [5.74, 6) is 0.521. The normalized spacial score (nSPS) is 24.0. The summed E-state index contributed by atoms with van der Waals surface area (Å²) in [6.45, 7) is 3.73. The van der Waals surface area contributed by atoms with Crippen molar-refractivity contribution in [3.8, 4) is 0 Å². The average molecular weight is 212 g/mol. The first-order valence-corrected chi connectivity index (χ1v) is 5.91. The first kappa shape index (κ1) is 10.1. The number of hydrogen-bond donors (Lipinski definition) is 1. The number of rotatable bonds is 3. The summed E-state index contributed by atoms with van der Waals surface area (Å²) in [6.07, 6.45) is 2.00. The van der Waals surface area contributed by atoms with Crippen LogP contribution in [-0.4, -0.2) is 24.2 Å². The maximum Gasteiger partial charge on any atom is 0.0943 e. The predicted molar refractivity (Wildman–Crippen MR) is 57.6 cm³/mol. The molecule has 4 heteroatoms. The molecule has 3 nitrogen and oxygen atoms in total. The van der Waals surface area contributed by atoms with Crippen molar-refractivity contribution in [1.29, 1.82) is 0 Å². The highest BCUT2D eigenvalue weighted by Gasteiger charge is 2.20. The topological polar surface area (TPSA) is 48.1 Å². The standard InChI is InChI=1S/C10H16N2OS/c1-7(11)4-10-12-9(6-14-10)8-2-3-13-5-8/h6-8H,2-5,11H2,1H3. The van der Waals surface area contributed by atoms with E-state index in [1.165, 1.54) is 5.69 Å². The van der Waals surface area contributed by atoms with Gasteiger partial charge in [0.1, 0.15) is 0 Å². The summed E-state index contributed by atoms with van der Waals surface area (Å²) in [7, 11) is 0. The SMILES string of the molecule is CC(N)Cc1nc(C2CCOC2)cs1. The van der Waals surface area contributed by atoms with Crippen LogP contribution in [0.25, 0.3) is 0 Å². The highest BCUT2D eigenvalue weighted by Crippen LogP contribution is 2.26. The van der Waals surface area contributed by atoms with Gasteiger partial charge in [-0.15, -0.1) is 11.3 Å². The minimum atomic E-state index is 0.203. The molecule has 1 aliphatic rings. The zero-order chi connectivity index (χ0) is 9.97. The molecule has 0 amide bonds. The lowest BCUT2D eigenvalue weighted by Gasteiger charge is -2.02. The van der Waals surface area contributed by atoms with Gasteiger partial charge in [-0.05, 0) is 13.3 Å². The molecule has 1 aromatic heterocycles. The first-order chi connectivity index (χ1) is 6.75. The van der Waals surface area contributed by atoms with Crippen molar-refractivity contribution in [3.63, 3.8) is 0 Å². The van der Waals surface area contributed by atoms with E-state index in [-0.39, 0.29) is 6.04 Å². The van der Waals surface area contributed by atoms with E-state index < -0.39 is 0 Å². The van der Waals surface area contributed by atoms with Gasteiger partial charge in [0.15, 0.2) is 0 Å². The molecule has 78 valence electrons. The number of nitrogens with two attached hydrogens (primary N) is 1. The van der Waals surface area contributed by atoms with E-state index in [0.717, 1.165) is 31.1 Å². The van der Waals surface area contributed by atoms with Crippen molar-refractivity contribution in [2.75, 3.05) is 13.2 Å². The molecule has 0 spiro atoms. The van der Waals surface area contributed by atoms with Crippen LogP contribution < -0.4 is 5.73 Å². The smallest absolute Gasteiger partial charge is 0.0943 e. The summed E-state index contributed by atoms with van der Waals surface area (Å²) >= 11 is 1.72. The third-order valence-electron chi connectivity index (χ3n) is 2.41. The van der Waals surface area contributed by atoms with Gasteiger partial charge in [0, 0.05) is 30.4 Å². The fourth-order valence-electron chi connectivity index (χ4n) is 1.65. The molecule has 1 aromatic rings. The molecule has 2 heterocycles.